The van der Waals surface area contributed by atoms with Crippen molar-refractivity contribution in [2.75, 3.05) is 36.9 Å². The van der Waals surface area contributed by atoms with Gasteiger partial charge in [-0.15, -0.1) is 0 Å². The smallest absolute Gasteiger partial charge is 0.339 e. The molecular formula is C48H52N2O10. The number of anilines is 2. The highest BCUT2D eigenvalue weighted by Crippen LogP contribution is 2.41. The fourth-order valence-electron chi connectivity index (χ4n) is 8.69. The predicted molar refractivity (Wildman–Crippen MR) is 232 cm³/mol. The third kappa shape index (κ3) is 9.48. The number of carbonyl (C=O) groups is 2. The van der Waals surface area contributed by atoms with E-state index in [9.17, 15) is 24.0 Å². The molecule has 6 aromatic rings. The zero-order valence-corrected chi connectivity index (χ0v) is 34.6. The van der Waals surface area contributed by atoms with Crippen LogP contribution in [0.15, 0.2) is 82.2 Å². The summed E-state index contributed by atoms with van der Waals surface area (Å²) < 4.78 is 25.8. The van der Waals surface area contributed by atoms with E-state index in [4.69, 9.17) is 28.5 Å². The van der Waals surface area contributed by atoms with E-state index in [1.807, 2.05) is 25.1 Å². The summed E-state index contributed by atoms with van der Waals surface area (Å²) in [7, 11) is 0. The molecule has 3 aromatic heterocycles. The summed E-state index contributed by atoms with van der Waals surface area (Å²) in [5, 5.41) is 2.90. The van der Waals surface area contributed by atoms with Crippen molar-refractivity contribution in [1.29, 1.82) is 0 Å². The van der Waals surface area contributed by atoms with Crippen molar-refractivity contribution < 1.29 is 32.3 Å². The molecule has 0 spiro atoms. The first-order valence-electron chi connectivity index (χ1n) is 21.1. The molecule has 2 N–H and O–H groups in total. The van der Waals surface area contributed by atoms with Crippen molar-refractivity contribution in [2.24, 2.45) is 0 Å². The number of fused-ring (bicyclic) bond motifs is 6. The van der Waals surface area contributed by atoms with Gasteiger partial charge in [0.2, 0.25) is 0 Å². The van der Waals surface area contributed by atoms with Gasteiger partial charge in [0.25, 0.3) is 0 Å². The lowest BCUT2D eigenvalue weighted by Crippen LogP contribution is -2.34. The number of carbonyl (C=O) groups excluding carboxylic acids is 2. The van der Waals surface area contributed by atoms with Gasteiger partial charge < -0.3 is 33.4 Å². The number of benzene rings is 3. The fourth-order valence-corrected chi connectivity index (χ4v) is 8.69. The zero-order chi connectivity index (χ0) is 42.3. The summed E-state index contributed by atoms with van der Waals surface area (Å²) in [6.07, 6.45) is 10.3. The van der Waals surface area contributed by atoms with E-state index >= 15 is 0 Å². The van der Waals surface area contributed by atoms with Gasteiger partial charge in [-0.2, -0.15) is 0 Å². The van der Waals surface area contributed by atoms with Gasteiger partial charge in [0, 0.05) is 82.8 Å². The van der Waals surface area contributed by atoms with Gasteiger partial charge in [-0.05, 0) is 137 Å². The molecule has 3 aromatic carbocycles. The van der Waals surface area contributed by atoms with Crippen LogP contribution in [0.3, 0.4) is 0 Å². The van der Waals surface area contributed by atoms with Gasteiger partial charge in [0.15, 0.2) is 0 Å². The molecule has 0 fully saturated rings. The molecule has 0 unspecified atom stereocenters. The van der Waals surface area contributed by atoms with Crippen LogP contribution in [0.1, 0.15) is 91.3 Å². The van der Waals surface area contributed by atoms with E-state index in [1.54, 1.807) is 32.0 Å². The lowest BCUT2D eigenvalue weighted by atomic mass is 9.85. The van der Waals surface area contributed by atoms with Crippen LogP contribution in [0.2, 0.25) is 0 Å². The molecule has 5 heterocycles. The number of nitrogens with two attached hydrogens (primary N) is 1. The summed E-state index contributed by atoms with van der Waals surface area (Å²) in [5.41, 5.74) is 16.2. The van der Waals surface area contributed by atoms with Crippen LogP contribution in [0.4, 0.5) is 11.4 Å². The SMILES string of the molecule is CCOC(=O)CCc1cc(=O)oc2cc(C)ccc12.CCOC(=O)CCc1cc(=O)oc2cc(N)ccc12.O=c1oc2c3c4c(cc2c2c1CCCC2)CCCN4CCC3. The molecule has 0 atom stereocenters. The van der Waals surface area contributed by atoms with Crippen LogP contribution in [-0.4, -0.2) is 38.2 Å². The number of ether oxygens (including phenoxy) is 2. The molecule has 0 amide bonds. The number of rotatable bonds is 8. The lowest BCUT2D eigenvalue weighted by Gasteiger charge is -2.37. The summed E-state index contributed by atoms with van der Waals surface area (Å²) in [5.74, 6) is -0.532. The average molecular weight is 817 g/mol. The van der Waals surface area contributed by atoms with Gasteiger partial charge >= 0.3 is 28.8 Å². The van der Waals surface area contributed by atoms with Crippen LogP contribution < -0.4 is 27.5 Å². The number of hydrogen-bond acceptors (Lipinski definition) is 12. The third-order valence-electron chi connectivity index (χ3n) is 11.4. The Morgan fingerprint density at radius 1 is 0.650 bits per heavy atom. The van der Waals surface area contributed by atoms with E-state index in [-0.39, 0.29) is 30.4 Å². The average Bonchev–Trinajstić information content (AvgIpc) is 3.23. The number of esters is 2. The van der Waals surface area contributed by atoms with E-state index in [1.165, 1.54) is 65.6 Å². The summed E-state index contributed by atoms with van der Waals surface area (Å²) >= 11 is 0. The Bertz CT molecular complexity index is 2620. The molecule has 314 valence electrons. The summed E-state index contributed by atoms with van der Waals surface area (Å²) in [6.45, 7) is 8.50. The highest BCUT2D eigenvalue weighted by molar-refractivity contribution is 5.91. The molecule has 12 heteroatoms. The first kappa shape index (κ1) is 42.0. The number of hydrogen-bond donors (Lipinski definition) is 1. The van der Waals surface area contributed by atoms with Crippen molar-refractivity contribution in [3.63, 3.8) is 0 Å². The van der Waals surface area contributed by atoms with Crippen LogP contribution in [0.5, 0.6) is 0 Å². The predicted octanol–water partition coefficient (Wildman–Crippen LogP) is 7.84. The van der Waals surface area contributed by atoms with Gasteiger partial charge in [-0.25, -0.2) is 14.4 Å². The topological polar surface area (TPSA) is 172 Å². The maximum Gasteiger partial charge on any atom is 0.339 e. The molecular weight excluding hydrogens is 765 g/mol. The zero-order valence-electron chi connectivity index (χ0n) is 34.6. The van der Waals surface area contributed by atoms with Crippen LogP contribution in [0.25, 0.3) is 32.9 Å². The Kier molecular flexibility index (Phi) is 13.2. The van der Waals surface area contributed by atoms with Crippen LogP contribution >= 0.6 is 0 Å². The Balaban J connectivity index is 0.000000137. The second-order valence-electron chi connectivity index (χ2n) is 15.5. The van der Waals surface area contributed by atoms with Crippen molar-refractivity contribution >= 4 is 56.2 Å². The van der Waals surface area contributed by atoms with E-state index < -0.39 is 11.3 Å². The summed E-state index contributed by atoms with van der Waals surface area (Å²) in [4.78, 5) is 60.6. The van der Waals surface area contributed by atoms with Crippen LogP contribution in [-0.2, 0) is 57.6 Å². The van der Waals surface area contributed by atoms with Crippen molar-refractivity contribution in [3.8, 4) is 0 Å². The molecule has 60 heavy (non-hydrogen) atoms. The minimum absolute atomic E-state index is 0.0775. The van der Waals surface area contributed by atoms with Crippen molar-refractivity contribution in [1.82, 2.24) is 0 Å². The standard InChI is InChI=1S/C19H21NO2.C15H16O4.C14H15NO4/c21-19-14-7-2-1-6-13(14)16-11-12-5-3-9-20-10-4-8-15(17(12)20)18(16)22-19;1-3-18-14(16)7-5-11-9-15(17)19-13-8-10(2)4-6-12(11)13;1-2-18-13(16)6-3-9-7-14(17)19-12-8-10(15)4-5-11(9)12/h11H,1-10H2;4,6,8-9H,3,5,7H2,1-2H3;4-5,7-8H,2-3,6,15H2,1H3. The second-order valence-corrected chi connectivity index (χ2v) is 15.5. The third-order valence-corrected chi connectivity index (χ3v) is 11.4. The molecule has 9 rings (SSSR count). The molecule has 0 radical (unpaired) electrons. The maximum atomic E-state index is 12.4. The molecule has 0 bridgehead atoms. The number of aryl methyl sites for hydroxylation is 6. The fraction of sp³-hybridized carbons (Fsp3) is 0.396. The minimum Gasteiger partial charge on any atom is -0.466 e. The summed E-state index contributed by atoms with van der Waals surface area (Å²) in [6, 6.07) is 16.0. The van der Waals surface area contributed by atoms with E-state index in [0.717, 1.165) is 77.4 Å². The molecule has 1 aliphatic carbocycles. The lowest BCUT2D eigenvalue weighted by molar-refractivity contribution is -0.144. The largest absolute Gasteiger partial charge is 0.466 e. The monoisotopic (exact) mass is 816 g/mol. The Labute approximate surface area is 347 Å². The normalized spacial score (nSPS) is 14.0. The first-order chi connectivity index (χ1) is 29.0. The van der Waals surface area contributed by atoms with Crippen molar-refractivity contribution in [2.45, 2.75) is 97.8 Å². The van der Waals surface area contributed by atoms with Crippen LogP contribution in [0, 0.1) is 6.92 Å². The maximum absolute atomic E-state index is 12.4. The molecule has 0 saturated carbocycles. The second kappa shape index (κ2) is 18.8. The van der Waals surface area contributed by atoms with Gasteiger partial charge in [0.05, 0.1) is 13.2 Å². The molecule has 12 nitrogen and oxygen atoms in total. The Morgan fingerprint density at radius 3 is 1.85 bits per heavy atom. The number of nitrogens with zero attached hydrogens (tertiary/aromatic N) is 1. The van der Waals surface area contributed by atoms with Gasteiger partial charge in [0.1, 0.15) is 16.7 Å². The highest BCUT2D eigenvalue weighted by atomic mass is 16.5. The van der Waals surface area contributed by atoms with E-state index in [2.05, 4.69) is 11.0 Å². The van der Waals surface area contributed by atoms with Crippen molar-refractivity contribution in [3.05, 3.63) is 125 Å². The molecule has 0 saturated heterocycles. The number of nitrogen functional groups attached to an aromatic ring is 1. The quantitative estimate of drug-likeness (QED) is 0.0898. The molecule has 2 aliphatic heterocycles. The highest BCUT2D eigenvalue weighted by Gasteiger charge is 2.29. The van der Waals surface area contributed by atoms with Gasteiger partial charge in [-0.3, -0.25) is 9.59 Å². The minimum atomic E-state index is -0.447. The van der Waals surface area contributed by atoms with E-state index in [0.29, 0.717) is 42.9 Å². The molecule has 3 aliphatic rings. The first-order valence-corrected chi connectivity index (χ1v) is 21.1. The Morgan fingerprint density at radius 2 is 1.22 bits per heavy atom. The Hall–Kier alpha value is -6.17. The van der Waals surface area contributed by atoms with Gasteiger partial charge in [-0.1, -0.05) is 12.1 Å².